The first-order chi connectivity index (χ1) is 16.6. The molecule has 2 saturated heterocycles. The van der Waals surface area contributed by atoms with E-state index in [1.807, 2.05) is 24.3 Å². The zero-order chi connectivity index (χ0) is 23.5. The van der Waals surface area contributed by atoms with Crippen molar-refractivity contribution < 1.29 is 14.3 Å². The Labute approximate surface area is 201 Å². The van der Waals surface area contributed by atoms with Crippen LogP contribution < -0.4 is 20.3 Å². The smallest absolute Gasteiger partial charge is 0.290 e. The molecule has 0 radical (unpaired) electrons. The first-order valence-corrected chi connectivity index (χ1v) is 11.9. The highest BCUT2D eigenvalue weighted by molar-refractivity contribution is 8.18. The van der Waals surface area contributed by atoms with E-state index in [2.05, 4.69) is 31.6 Å². The maximum atomic E-state index is 11.8. The molecule has 2 aliphatic heterocycles. The molecule has 0 spiro atoms. The van der Waals surface area contributed by atoms with Crippen LogP contribution in [-0.4, -0.2) is 52.3 Å². The van der Waals surface area contributed by atoms with Crippen LogP contribution >= 0.6 is 11.8 Å². The van der Waals surface area contributed by atoms with Crippen LogP contribution in [0.2, 0.25) is 0 Å². The number of hydrogen-bond donors (Lipinski definition) is 2. The van der Waals surface area contributed by atoms with Crippen molar-refractivity contribution in [3.8, 4) is 5.75 Å². The number of nitrogens with one attached hydrogen (secondary N) is 2. The fraction of sp³-hybridized carbons (Fsp3) is 0.292. The van der Waals surface area contributed by atoms with Gasteiger partial charge < -0.3 is 15.0 Å². The summed E-state index contributed by atoms with van der Waals surface area (Å²) in [6, 6.07) is 12.0. The number of pyridine rings is 1. The maximum absolute atomic E-state index is 11.8. The number of aromatic nitrogens is 3. The number of methoxy groups -OCH3 is 1. The standard InChI is InChI=1S/C24H24N6O3S/c1-33-19-6-2-4-15-7-8-17(27-21(15)19)13-26-18-5-3-11-30(14-18)23-25-10-9-16(28-23)12-20-22(31)29-24(32)34-20/h2,4,6-10,12,18,26H,3,5,11,13-14H2,1H3,(H,29,31,32)/b20-12-/t18-/m1/s1. The van der Waals surface area contributed by atoms with E-state index in [1.54, 1.807) is 25.4 Å². The second-order valence-electron chi connectivity index (χ2n) is 8.13. The zero-order valence-corrected chi connectivity index (χ0v) is 19.5. The molecule has 0 unspecified atom stereocenters. The van der Waals surface area contributed by atoms with Crippen LogP contribution in [0.4, 0.5) is 10.7 Å². The molecule has 2 aromatic heterocycles. The maximum Gasteiger partial charge on any atom is 0.290 e. The Morgan fingerprint density at radius 2 is 2.15 bits per heavy atom. The zero-order valence-electron chi connectivity index (χ0n) is 18.7. The molecule has 2 fully saturated rings. The third kappa shape index (κ3) is 4.87. The summed E-state index contributed by atoms with van der Waals surface area (Å²) in [7, 11) is 1.66. The van der Waals surface area contributed by atoms with Crippen molar-refractivity contribution in [1.82, 2.24) is 25.6 Å². The molecule has 3 aromatic rings. The third-order valence-corrected chi connectivity index (χ3v) is 6.63. The quantitative estimate of drug-likeness (QED) is 0.519. The predicted octanol–water partition coefficient (Wildman–Crippen LogP) is 3.12. The number of piperidine rings is 1. The first-order valence-electron chi connectivity index (χ1n) is 11.1. The molecule has 5 rings (SSSR count). The van der Waals surface area contributed by atoms with Gasteiger partial charge in [0, 0.05) is 37.3 Å². The van der Waals surface area contributed by atoms with Gasteiger partial charge in [0.15, 0.2) is 0 Å². The Morgan fingerprint density at radius 1 is 1.24 bits per heavy atom. The Kier molecular flexibility index (Phi) is 6.41. The van der Waals surface area contributed by atoms with Crippen molar-refractivity contribution in [3.05, 3.63) is 58.9 Å². The molecule has 2 amide bonds. The summed E-state index contributed by atoms with van der Waals surface area (Å²) in [6.45, 7) is 2.28. The number of anilines is 1. The minimum atomic E-state index is -0.391. The van der Waals surface area contributed by atoms with E-state index in [0.717, 1.165) is 60.0 Å². The highest BCUT2D eigenvalue weighted by Gasteiger charge is 2.26. The van der Waals surface area contributed by atoms with Crippen LogP contribution in [0, 0.1) is 0 Å². The molecule has 0 saturated carbocycles. The van der Waals surface area contributed by atoms with Gasteiger partial charge in [-0.05, 0) is 48.9 Å². The molecule has 0 bridgehead atoms. The number of hydrogen-bond acceptors (Lipinski definition) is 9. The molecule has 2 N–H and O–H groups in total. The van der Waals surface area contributed by atoms with Gasteiger partial charge in [0.1, 0.15) is 11.3 Å². The summed E-state index contributed by atoms with van der Waals surface area (Å²) < 4.78 is 5.45. The Balaban J connectivity index is 1.25. The van der Waals surface area contributed by atoms with Gasteiger partial charge in [0.2, 0.25) is 5.95 Å². The summed E-state index contributed by atoms with van der Waals surface area (Å²) >= 11 is 0.881. The highest BCUT2D eigenvalue weighted by atomic mass is 32.2. The van der Waals surface area contributed by atoms with Crippen LogP contribution in [0.25, 0.3) is 17.0 Å². The van der Waals surface area contributed by atoms with E-state index < -0.39 is 5.91 Å². The van der Waals surface area contributed by atoms with E-state index in [-0.39, 0.29) is 11.3 Å². The molecule has 1 aromatic carbocycles. The molecule has 0 aliphatic carbocycles. The average Bonchev–Trinajstić information content (AvgIpc) is 3.18. The Hall–Kier alpha value is -3.50. The lowest BCUT2D eigenvalue weighted by Gasteiger charge is -2.33. The number of carbonyl (C=O) groups excluding carboxylic acids is 2. The summed E-state index contributed by atoms with van der Waals surface area (Å²) in [4.78, 5) is 39.5. The molecule has 34 heavy (non-hydrogen) atoms. The van der Waals surface area contributed by atoms with Crippen molar-refractivity contribution in [2.75, 3.05) is 25.1 Å². The Bertz CT molecular complexity index is 1280. The van der Waals surface area contributed by atoms with Crippen LogP contribution in [0.5, 0.6) is 5.75 Å². The number of rotatable bonds is 6. The lowest BCUT2D eigenvalue weighted by atomic mass is 10.1. The van der Waals surface area contributed by atoms with Gasteiger partial charge in [-0.3, -0.25) is 14.9 Å². The number of carbonyl (C=O) groups is 2. The highest BCUT2D eigenvalue weighted by Crippen LogP contribution is 2.26. The molecule has 4 heterocycles. The van der Waals surface area contributed by atoms with Crippen LogP contribution in [0.1, 0.15) is 24.2 Å². The number of para-hydroxylation sites is 1. The minimum absolute atomic E-state index is 0.267. The summed E-state index contributed by atoms with van der Waals surface area (Å²) in [5.41, 5.74) is 2.42. The van der Waals surface area contributed by atoms with E-state index in [1.165, 1.54) is 0 Å². The third-order valence-electron chi connectivity index (χ3n) is 5.82. The van der Waals surface area contributed by atoms with E-state index in [0.29, 0.717) is 23.1 Å². The molecule has 9 nitrogen and oxygen atoms in total. The Morgan fingerprint density at radius 3 is 2.97 bits per heavy atom. The van der Waals surface area contributed by atoms with Crippen molar-refractivity contribution in [2.24, 2.45) is 0 Å². The molecular formula is C24H24N6O3S. The normalized spacial score (nSPS) is 19.6. The largest absolute Gasteiger partial charge is 0.494 e. The van der Waals surface area contributed by atoms with Gasteiger partial charge in [-0.1, -0.05) is 18.2 Å². The number of thioether (sulfide) groups is 1. The van der Waals surface area contributed by atoms with Gasteiger partial charge in [-0.15, -0.1) is 0 Å². The lowest BCUT2D eigenvalue weighted by Crippen LogP contribution is -2.46. The molecule has 10 heteroatoms. The summed E-state index contributed by atoms with van der Waals surface area (Å²) in [6.07, 6.45) is 5.36. The van der Waals surface area contributed by atoms with Crippen LogP contribution in [-0.2, 0) is 11.3 Å². The van der Waals surface area contributed by atoms with Gasteiger partial charge in [0.25, 0.3) is 11.1 Å². The van der Waals surface area contributed by atoms with Crippen molar-refractivity contribution >= 4 is 45.8 Å². The molecule has 1 atom stereocenters. The minimum Gasteiger partial charge on any atom is -0.494 e. The second kappa shape index (κ2) is 9.78. The molecular weight excluding hydrogens is 452 g/mol. The fourth-order valence-electron chi connectivity index (χ4n) is 4.15. The van der Waals surface area contributed by atoms with Crippen LogP contribution in [0.15, 0.2) is 47.5 Å². The summed E-state index contributed by atoms with van der Waals surface area (Å²) in [5.74, 6) is 0.995. The number of nitrogens with zero attached hydrogens (tertiary/aromatic N) is 4. The average molecular weight is 477 g/mol. The lowest BCUT2D eigenvalue weighted by molar-refractivity contribution is -0.115. The predicted molar refractivity (Wildman–Crippen MR) is 132 cm³/mol. The molecule has 2 aliphatic rings. The number of benzene rings is 1. The summed E-state index contributed by atoms with van der Waals surface area (Å²) in [5, 5.41) is 6.56. The van der Waals surface area contributed by atoms with E-state index in [9.17, 15) is 9.59 Å². The number of amides is 2. The van der Waals surface area contributed by atoms with Gasteiger partial charge in [0.05, 0.1) is 23.4 Å². The van der Waals surface area contributed by atoms with E-state index in [4.69, 9.17) is 9.72 Å². The van der Waals surface area contributed by atoms with Crippen molar-refractivity contribution in [3.63, 3.8) is 0 Å². The van der Waals surface area contributed by atoms with Crippen molar-refractivity contribution in [2.45, 2.75) is 25.4 Å². The van der Waals surface area contributed by atoms with Gasteiger partial charge in [-0.25, -0.2) is 15.0 Å². The van der Waals surface area contributed by atoms with Crippen LogP contribution in [0.3, 0.4) is 0 Å². The first kappa shape index (κ1) is 22.3. The number of fused-ring (bicyclic) bond motifs is 1. The van der Waals surface area contributed by atoms with Gasteiger partial charge in [-0.2, -0.15) is 0 Å². The second-order valence-corrected chi connectivity index (χ2v) is 9.15. The van der Waals surface area contributed by atoms with E-state index >= 15 is 0 Å². The SMILES string of the molecule is COc1cccc2ccc(CN[C@@H]3CCCN(c4nccc(/C=C5\SC(=O)NC5=O)n4)C3)nc12. The number of imide groups is 1. The monoisotopic (exact) mass is 476 g/mol. The van der Waals surface area contributed by atoms with Gasteiger partial charge >= 0.3 is 0 Å². The number of ether oxygens (including phenoxy) is 1. The fourth-order valence-corrected chi connectivity index (χ4v) is 4.81. The topological polar surface area (TPSA) is 109 Å². The molecule has 174 valence electrons. The van der Waals surface area contributed by atoms with Crippen molar-refractivity contribution in [1.29, 1.82) is 0 Å².